The van der Waals surface area contributed by atoms with Gasteiger partial charge in [-0.05, 0) is 49.7 Å². The van der Waals surface area contributed by atoms with Crippen LogP contribution in [0.15, 0.2) is 56.7 Å². The van der Waals surface area contributed by atoms with Gasteiger partial charge in [0.15, 0.2) is 22.9 Å². The fraction of sp³-hybridized carbons (Fsp3) is 0.294. The highest BCUT2D eigenvalue weighted by Crippen LogP contribution is 2.34. The van der Waals surface area contributed by atoms with E-state index in [-0.39, 0.29) is 77.7 Å². The number of hydrogen-bond acceptors (Lipinski definition) is 11. The zero-order valence-corrected chi connectivity index (χ0v) is 29.6. The molecule has 0 bridgehead atoms. The number of aromatic hydroxyl groups is 1. The molecule has 16 nitrogen and oxygen atoms in total. The van der Waals surface area contributed by atoms with Crippen LogP contribution in [0.1, 0.15) is 34.4 Å². The van der Waals surface area contributed by atoms with Crippen LogP contribution in [-0.4, -0.2) is 81.7 Å². The van der Waals surface area contributed by atoms with Gasteiger partial charge in [0.2, 0.25) is 11.7 Å². The van der Waals surface area contributed by atoms with Gasteiger partial charge in [-0.25, -0.2) is 14.8 Å². The molecule has 0 radical (unpaired) electrons. The van der Waals surface area contributed by atoms with Crippen LogP contribution in [-0.2, 0) is 31.0 Å². The molecule has 20 heteroatoms. The summed E-state index contributed by atoms with van der Waals surface area (Å²) in [5.74, 6) is -2.00. The SMILES string of the molecule is CCc1c(N2CCN(C(=O)c3ncnc(C)c3O)CC2)c(=O)n2nc(-c3ccc4oc(=O)n(C)c4c3)nc2n1CC(=O)Nc1ccc(C(F)(F)F)cc1Cl. The number of nitrogens with zero attached hydrogens (tertiary/aromatic N) is 9. The number of aromatic nitrogens is 7. The summed E-state index contributed by atoms with van der Waals surface area (Å²) >= 11 is 6.13. The molecule has 6 aromatic rings. The third kappa shape index (κ3) is 6.39. The fourth-order valence-electron chi connectivity index (χ4n) is 6.35. The van der Waals surface area contributed by atoms with Crippen molar-refractivity contribution in [2.75, 3.05) is 36.4 Å². The summed E-state index contributed by atoms with van der Waals surface area (Å²) in [6.07, 6.45) is -3.22. The molecule has 4 aromatic heterocycles. The molecule has 2 amide bonds. The van der Waals surface area contributed by atoms with Gasteiger partial charge in [0.25, 0.3) is 11.5 Å². The average Bonchev–Trinajstić information content (AvgIpc) is 3.71. The number of amides is 2. The Morgan fingerprint density at radius 2 is 1.80 bits per heavy atom. The molecule has 1 saturated heterocycles. The molecule has 0 atom stereocenters. The van der Waals surface area contributed by atoms with E-state index < -0.39 is 41.4 Å². The summed E-state index contributed by atoms with van der Waals surface area (Å²) in [5.41, 5.74) is 0.319. The number of hydrogen-bond donors (Lipinski definition) is 2. The monoisotopic (exact) mass is 766 g/mol. The van der Waals surface area contributed by atoms with Crippen molar-refractivity contribution in [3.8, 4) is 17.1 Å². The van der Waals surface area contributed by atoms with Crippen molar-refractivity contribution in [2.24, 2.45) is 7.05 Å². The van der Waals surface area contributed by atoms with Crippen LogP contribution in [0.3, 0.4) is 0 Å². The van der Waals surface area contributed by atoms with Gasteiger partial charge in [-0.2, -0.15) is 22.7 Å². The molecule has 1 aliphatic heterocycles. The standard InChI is InChI=1S/C34H30ClF3N10O6/c1-4-22-27(45-9-11-46(12-10-45)30(51)26-28(50)17(2)39-16-40-26)31(52)48-32(42-29(43-48)18-5-8-24-23(13-18)44(3)33(53)54-24)47(22)15-25(49)41-21-7-6-19(14-20(21)35)34(36,37)38/h5-8,13-14,16,50H,4,9-12,15H2,1-3H3,(H,41,49). The van der Waals surface area contributed by atoms with Crippen LogP contribution in [0.25, 0.3) is 28.3 Å². The normalized spacial score (nSPS) is 13.6. The Balaban J connectivity index is 1.28. The first-order valence-electron chi connectivity index (χ1n) is 16.5. The molecule has 2 aromatic carbocycles. The molecule has 1 fully saturated rings. The molecule has 0 saturated carbocycles. The number of aryl methyl sites for hydroxylation is 2. The van der Waals surface area contributed by atoms with Gasteiger partial charge in [0.1, 0.15) is 18.6 Å². The third-order valence-electron chi connectivity index (χ3n) is 9.17. The highest BCUT2D eigenvalue weighted by molar-refractivity contribution is 6.33. The number of benzene rings is 2. The lowest BCUT2D eigenvalue weighted by Gasteiger charge is -2.36. The first kappa shape index (κ1) is 36.1. The number of fused-ring (bicyclic) bond motifs is 2. The van der Waals surface area contributed by atoms with Crippen LogP contribution in [0.5, 0.6) is 5.75 Å². The minimum absolute atomic E-state index is 0.00568. The number of carbonyl (C=O) groups is 2. The van der Waals surface area contributed by atoms with Crippen molar-refractivity contribution < 1.29 is 32.3 Å². The Hall–Kier alpha value is -6.24. The zero-order chi connectivity index (χ0) is 38.6. The highest BCUT2D eigenvalue weighted by Gasteiger charge is 2.32. The van der Waals surface area contributed by atoms with E-state index in [4.69, 9.17) is 16.0 Å². The lowest BCUT2D eigenvalue weighted by atomic mass is 10.2. The van der Waals surface area contributed by atoms with Crippen molar-refractivity contribution in [3.63, 3.8) is 0 Å². The molecule has 0 unspecified atom stereocenters. The van der Waals surface area contributed by atoms with Gasteiger partial charge in [-0.3, -0.25) is 19.0 Å². The van der Waals surface area contributed by atoms with E-state index in [1.165, 1.54) is 27.4 Å². The summed E-state index contributed by atoms with van der Waals surface area (Å²) < 4.78 is 48.8. The molecule has 2 N–H and O–H groups in total. The Labute approximate surface area is 307 Å². The summed E-state index contributed by atoms with van der Waals surface area (Å²) in [6.45, 7) is 3.55. The fourth-order valence-corrected chi connectivity index (χ4v) is 6.58. The smallest absolute Gasteiger partial charge is 0.419 e. The number of rotatable bonds is 7. The largest absolute Gasteiger partial charge is 0.504 e. The van der Waals surface area contributed by atoms with Gasteiger partial charge < -0.3 is 29.2 Å². The Morgan fingerprint density at radius 1 is 1.06 bits per heavy atom. The van der Waals surface area contributed by atoms with Crippen molar-refractivity contribution >= 4 is 51.7 Å². The van der Waals surface area contributed by atoms with Crippen LogP contribution in [0, 0.1) is 6.92 Å². The van der Waals surface area contributed by atoms with Crippen molar-refractivity contribution in [3.05, 3.63) is 91.3 Å². The first-order chi connectivity index (χ1) is 25.7. The second kappa shape index (κ2) is 13.6. The number of anilines is 2. The van der Waals surface area contributed by atoms with E-state index in [9.17, 15) is 37.5 Å². The zero-order valence-electron chi connectivity index (χ0n) is 28.8. The van der Waals surface area contributed by atoms with Crippen molar-refractivity contribution in [1.29, 1.82) is 0 Å². The van der Waals surface area contributed by atoms with Crippen molar-refractivity contribution in [1.82, 2.24) is 38.6 Å². The van der Waals surface area contributed by atoms with E-state index >= 15 is 0 Å². The predicted octanol–water partition coefficient (Wildman–Crippen LogP) is 3.64. The number of carbonyl (C=O) groups excluding carboxylic acids is 2. The molecular weight excluding hydrogens is 737 g/mol. The van der Waals surface area contributed by atoms with Crippen LogP contribution < -0.4 is 21.5 Å². The minimum Gasteiger partial charge on any atom is -0.504 e. The molecule has 1 aliphatic rings. The second-order valence-electron chi connectivity index (χ2n) is 12.5. The highest BCUT2D eigenvalue weighted by atomic mass is 35.5. The van der Waals surface area contributed by atoms with E-state index in [1.807, 2.05) is 0 Å². The van der Waals surface area contributed by atoms with Gasteiger partial charge in [-0.1, -0.05) is 18.5 Å². The molecule has 0 aliphatic carbocycles. The van der Waals surface area contributed by atoms with E-state index in [0.29, 0.717) is 28.4 Å². The molecule has 7 rings (SSSR count). The Kier molecular flexibility index (Phi) is 9.12. The Morgan fingerprint density at radius 3 is 2.48 bits per heavy atom. The van der Waals surface area contributed by atoms with E-state index in [2.05, 4.69) is 25.4 Å². The van der Waals surface area contributed by atoms with Crippen LogP contribution in [0.2, 0.25) is 5.02 Å². The maximum Gasteiger partial charge on any atom is 0.419 e. The van der Waals surface area contributed by atoms with Gasteiger partial charge in [0.05, 0.1) is 33.2 Å². The number of piperazine rings is 1. The average molecular weight is 767 g/mol. The quantitative estimate of drug-likeness (QED) is 0.242. The third-order valence-corrected chi connectivity index (χ3v) is 9.49. The summed E-state index contributed by atoms with van der Waals surface area (Å²) in [6, 6.07) is 7.36. The molecule has 5 heterocycles. The van der Waals surface area contributed by atoms with Crippen LogP contribution >= 0.6 is 11.6 Å². The summed E-state index contributed by atoms with van der Waals surface area (Å²) in [7, 11) is 1.53. The van der Waals surface area contributed by atoms with E-state index in [1.54, 1.807) is 36.9 Å². The number of halogens is 4. The molecular formula is C34H30ClF3N10O6. The summed E-state index contributed by atoms with van der Waals surface area (Å²) in [4.78, 5) is 69.1. The first-order valence-corrected chi connectivity index (χ1v) is 16.9. The van der Waals surface area contributed by atoms with Crippen LogP contribution in [0.4, 0.5) is 24.5 Å². The molecule has 0 spiro atoms. The van der Waals surface area contributed by atoms with Gasteiger partial charge >= 0.3 is 11.9 Å². The molecule has 280 valence electrons. The lowest BCUT2D eigenvalue weighted by Crippen LogP contribution is -2.51. The van der Waals surface area contributed by atoms with Gasteiger partial charge in [0, 0.05) is 38.8 Å². The maximum atomic E-state index is 14.3. The Bertz CT molecular complexity index is 2610. The van der Waals surface area contributed by atoms with Crippen molar-refractivity contribution in [2.45, 2.75) is 33.0 Å². The second-order valence-corrected chi connectivity index (χ2v) is 12.9. The number of alkyl halides is 3. The summed E-state index contributed by atoms with van der Waals surface area (Å²) in [5, 5.41) is 17.1. The minimum atomic E-state index is -4.64. The van der Waals surface area contributed by atoms with Gasteiger partial charge in [-0.15, -0.1) is 5.10 Å². The lowest BCUT2D eigenvalue weighted by molar-refractivity contribution is -0.137. The topological polar surface area (TPSA) is 186 Å². The maximum absolute atomic E-state index is 14.3. The molecule has 54 heavy (non-hydrogen) atoms. The predicted molar refractivity (Wildman–Crippen MR) is 189 cm³/mol. The number of oxazole rings is 1. The van der Waals surface area contributed by atoms with E-state index in [0.717, 1.165) is 16.6 Å². The number of nitrogens with one attached hydrogen (secondary N) is 1.